The number of carbonyl (C=O) groups is 1. The van der Waals surface area contributed by atoms with Crippen LogP contribution in [0.2, 0.25) is 0 Å². The number of halogens is 1. The van der Waals surface area contributed by atoms with Gasteiger partial charge in [-0.2, -0.15) is 0 Å². The van der Waals surface area contributed by atoms with E-state index < -0.39 is 0 Å². The van der Waals surface area contributed by atoms with E-state index in [9.17, 15) is 9.18 Å². The van der Waals surface area contributed by atoms with E-state index in [1.165, 1.54) is 11.3 Å². The molecule has 0 radical (unpaired) electrons. The molecule has 27 heavy (non-hydrogen) atoms. The fourth-order valence-electron chi connectivity index (χ4n) is 4.39. The summed E-state index contributed by atoms with van der Waals surface area (Å²) >= 11 is 1.43. The fourth-order valence-corrected chi connectivity index (χ4v) is 5.38. The van der Waals surface area contributed by atoms with Crippen LogP contribution < -0.4 is 0 Å². The zero-order valence-corrected chi connectivity index (χ0v) is 16.6. The summed E-state index contributed by atoms with van der Waals surface area (Å²) in [4.78, 5) is 15.3. The standard InChI is InChI=1S/C22H26FNO2S/c1-15-12-21(27-22(15)14-25)17-2-3-19(20(23)13-17)16-4-8-24(9-5-16)18-6-10-26-11-7-18/h2-3,12-14,16,18H,4-11H2,1H3. The number of piperidine rings is 1. The third kappa shape index (κ3) is 4.00. The number of hydrogen-bond donors (Lipinski definition) is 0. The molecule has 0 saturated carbocycles. The molecule has 0 atom stereocenters. The highest BCUT2D eigenvalue weighted by atomic mass is 32.1. The highest BCUT2D eigenvalue weighted by Gasteiger charge is 2.28. The smallest absolute Gasteiger partial charge is 0.160 e. The summed E-state index contributed by atoms with van der Waals surface area (Å²) in [5.41, 5.74) is 2.65. The van der Waals surface area contributed by atoms with Gasteiger partial charge in [-0.1, -0.05) is 12.1 Å². The van der Waals surface area contributed by atoms with Crippen LogP contribution in [0, 0.1) is 12.7 Å². The van der Waals surface area contributed by atoms with Gasteiger partial charge in [0.25, 0.3) is 0 Å². The summed E-state index contributed by atoms with van der Waals surface area (Å²) in [7, 11) is 0. The van der Waals surface area contributed by atoms with Crippen LogP contribution in [0.15, 0.2) is 24.3 Å². The highest BCUT2D eigenvalue weighted by Crippen LogP contribution is 2.35. The van der Waals surface area contributed by atoms with Crippen molar-refractivity contribution in [2.45, 2.75) is 44.6 Å². The molecule has 5 heteroatoms. The Morgan fingerprint density at radius 3 is 2.52 bits per heavy atom. The number of hydrogen-bond acceptors (Lipinski definition) is 4. The molecule has 2 aromatic rings. The molecular weight excluding hydrogens is 361 g/mol. The van der Waals surface area contributed by atoms with Crippen molar-refractivity contribution < 1.29 is 13.9 Å². The van der Waals surface area contributed by atoms with E-state index in [4.69, 9.17) is 4.74 Å². The minimum atomic E-state index is -0.115. The lowest BCUT2D eigenvalue weighted by atomic mass is 9.87. The van der Waals surface area contributed by atoms with Crippen LogP contribution >= 0.6 is 11.3 Å². The Bertz CT molecular complexity index is 805. The second-order valence-electron chi connectivity index (χ2n) is 7.67. The maximum Gasteiger partial charge on any atom is 0.160 e. The minimum absolute atomic E-state index is 0.115. The van der Waals surface area contributed by atoms with Gasteiger partial charge in [-0.25, -0.2) is 4.39 Å². The quantitative estimate of drug-likeness (QED) is 0.689. The summed E-state index contributed by atoms with van der Waals surface area (Å²) < 4.78 is 20.3. The minimum Gasteiger partial charge on any atom is -0.381 e. The molecular formula is C22H26FNO2S. The zero-order valence-electron chi connectivity index (χ0n) is 15.7. The summed E-state index contributed by atoms with van der Waals surface area (Å²) in [6, 6.07) is 8.20. The predicted molar refractivity (Wildman–Crippen MR) is 107 cm³/mol. The molecule has 2 fully saturated rings. The predicted octanol–water partition coefficient (Wildman–Crippen LogP) is 5.03. The topological polar surface area (TPSA) is 29.5 Å². The molecule has 0 bridgehead atoms. The number of aldehydes is 1. The first-order chi connectivity index (χ1) is 13.2. The molecule has 0 amide bonds. The van der Waals surface area contributed by atoms with Gasteiger partial charge in [0.2, 0.25) is 0 Å². The van der Waals surface area contributed by atoms with Crippen molar-refractivity contribution in [2.75, 3.05) is 26.3 Å². The Labute approximate surface area is 164 Å². The monoisotopic (exact) mass is 387 g/mol. The van der Waals surface area contributed by atoms with Gasteiger partial charge in [-0.15, -0.1) is 11.3 Å². The number of likely N-dealkylation sites (tertiary alicyclic amines) is 1. The van der Waals surface area contributed by atoms with E-state index in [1.807, 2.05) is 25.1 Å². The second-order valence-corrected chi connectivity index (χ2v) is 8.75. The Kier molecular flexibility index (Phi) is 5.71. The van der Waals surface area contributed by atoms with E-state index in [0.29, 0.717) is 12.0 Å². The van der Waals surface area contributed by atoms with E-state index in [2.05, 4.69) is 4.90 Å². The average Bonchev–Trinajstić information content (AvgIpc) is 3.09. The van der Waals surface area contributed by atoms with Gasteiger partial charge in [-0.3, -0.25) is 4.79 Å². The second kappa shape index (κ2) is 8.21. The molecule has 0 unspecified atom stereocenters. The molecule has 2 aliphatic rings. The number of ether oxygens (including phenoxy) is 1. The molecule has 0 spiro atoms. The summed E-state index contributed by atoms with van der Waals surface area (Å²) in [5, 5.41) is 0. The van der Waals surface area contributed by atoms with Gasteiger partial charge >= 0.3 is 0 Å². The lowest BCUT2D eigenvalue weighted by molar-refractivity contribution is 0.0250. The molecule has 2 saturated heterocycles. The summed E-state index contributed by atoms with van der Waals surface area (Å²) in [6.07, 6.45) is 5.15. The lowest BCUT2D eigenvalue weighted by Crippen LogP contribution is -2.43. The zero-order chi connectivity index (χ0) is 18.8. The number of carbonyl (C=O) groups excluding carboxylic acids is 1. The van der Waals surface area contributed by atoms with E-state index in [0.717, 1.165) is 84.7 Å². The number of benzene rings is 1. The van der Waals surface area contributed by atoms with Crippen LogP contribution in [0.25, 0.3) is 10.4 Å². The fraction of sp³-hybridized carbons (Fsp3) is 0.500. The first-order valence-corrected chi connectivity index (χ1v) is 10.6. The van der Waals surface area contributed by atoms with Crippen LogP contribution in [0.5, 0.6) is 0 Å². The maximum atomic E-state index is 14.9. The average molecular weight is 388 g/mol. The first-order valence-electron chi connectivity index (χ1n) is 9.83. The third-order valence-electron chi connectivity index (χ3n) is 6.02. The normalized spacial score (nSPS) is 20.1. The first kappa shape index (κ1) is 18.8. The highest BCUT2D eigenvalue weighted by molar-refractivity contribution is 7.17. The third-order valence-corrected chi connectivity index (χ3v) is 7.24. The van der Waals surface area contributed by atoms with Crippen molar-refractivity contribution >= 4 is 17.6 Å². The van der Waals surface area contributed by atoms with Crippen molar-refractivity contribution in [2.24, 2.45) is 0 Å². The van der Waals surface area contributed by atoms with Crippen LogP contribution in [0.1, 0.15) is 52.4 Å². The summed E-state index contributed by atoms with van der Waals surface area (Å²) in [6.45, 7) is 5.75. The molecule has 0 N–H and O–H groups in total. The molecule has 0 aliphatic carbocycles. The van der Waals surface area contributed by atoms with Crippen molar-refractivity contribution in [3.05, 3.63) is 46.1 Å². The Hall–Kier alpha value is -1.56. The van der Waals surface area contributed by atoms with Crippen molar-refractivity contribution in [1.29, 1.82) is 0 Å². The van der Waals surface area contributed by atoms with Crippen LogP contribution in [0.3, 0.4) is 0 Å². The molecule has 3 heterocycles. The lowest BCUT2D eigenvalue weighted by Gasteiger charge is -2.39. The van der Waals surface area contributed by atoms with Gasteiger partial charge in [-0.05, 0) is 80.4 Å². The SMILES string of the molecule is Cc1cc(-c2ccc(C3CCN(C4CCOCC4)CC3)c(F)c2)sc1C=O. The number of aryl methyl sites for hydroxylation is 1. The van der Waals surface area contributed by atoms with Crippen LogP contribution in [0.4, 0.5) is 4.39 Å². The number of thiophene rings is 1. The molecule has 1 aromatic heterocycles. The van der Waals surface area contributed by atoms with Gasteiger partial charge in [0, 0.05) is 24.1 Å². The molecule has 4 rings (SSSR count). The molecule has 2 aliphatic heterocycles. The van der Waals surface area contributed by atoms with Crippen LogP contribution in [-0.4, -0.2) is 43.5 Å². The number of rotatable bonds is 4. The summed E-state index contributed by atoms with van der Waals surface area (Å²) in [5.74, 6) is 0.182. The van der Waals surface area contributed by atoms with Gasteiger partial charge < -0.3 is 9.64 Å². The van der Waals surface area contributed by atoms with Crippen LogP contribution in [-0.2, 0) is 4.74 Å². The van der Waals surface area contributed by atoms with E-state index >= 15 is 0 Å². The van der Waals surface area contributed by atoms with Gasteiger partial charge in [0.15, 0.2) is 6.29 Å². The number of nitrogens with zero attached hydrogens (tertiary/aromatic N) is 1. The van der Waals surface area contributed by atoms with Gasteiger partial charge in [0.05, 0.1) is 4.88 Å². The Balaban J connectivity index is 1.44. The Morgan fingerprint density at radius 2 is 1.89 bits per heavy atom. The molecule has 3 nitrogen and oxygen atoms in total. The van der Waals surface area contributed by atoms with E-state index in [1.54, 1.807) is 6.07 Å². The molecule has 144 valence electrons. The van der Waals surface area contributed by atoms with Crippen molar-refractivity contribution in [3.63, 3.8) is 0 Å². The van der Waals surface area contributed by atoms with E-state index in [-0.39, 0.29) is 5.82 Å². The van der Waals surface area contributed by atoms with Gasteiger partial charge in [0.1, 0.15) is 5.82 Å². The Morgan fingerprint density at radius 1 is 1.15 bits per heavy atom. The van der Waals surface area contributed by atoms with Crippen molar-refractivity contribution in [1.82, 2.24) is 4.90 Å². The largest absolute Gasteiger partial charge is 0.381 e. The maximum absolute atomic E-state index is 14.9. The van der Waals surface area contributed by atoms with Crippen molar-refractivity contribution in [3.8, 4) is 10.4 Å². The molecule has 1 aromatic carbocycles.